The Bertz CT molecular complexity index is 1080. The molecule has 3 unspecified atom stereocenters. The van der Waals surface area contributed by atoms with Gasteiger partial charge >= 0.3 is 0 Å². The predicted octanol–water partition coefficient (Wildman–Crippen LogP) is 18.8. The van der Waals surface area contributed by atoms with Crippen LogP contribution in [-0.2, 0) is 4.79 Å². The van der Waals surface area contributed by atoms with Crippen LogP contribution in [0, 0.1) is 0 Å². The zero-order chi connectivity index (χ0) is 48.6. The van der Waals surface area contributed by atoms with E-state index in [0.29, 0.717) is 6.42 Å². The van der Waals surface area contributed by atoms with E-state index in [1.165, 1.54) is 250 Å². The molecule has 0 saturated heterocycles. The van der Waals surface area contributed by atoms with Crippen LogP contribution in [0.3, 0.4) is 0 Å². The average Bonchev–Trinajstić information content (AvgIpc) is 3.33. The molecule has 0 aliphatic rings. The molecule has 394 valence electrons. The molecule has 0 bridgehead atoms. The van der Waals surface area contributed by atoms with Gasteiger partial charge in [0.1, 0.15) is 6.10 Å². The maximum atomic E-state index is 12.5. The van der Waals surface area contributed by atoms with Gasteiger partial charge < -0.3 is 20.6 Å². The summed E-state index contributed by atoms with van der Waals surface area (Å²) in [5.74, 6) is -0.511. The Hall–Kier alpha value is -1.69. The molecule has 0 heterocycles. The number of amides is 1. The van der Waals surface area contributed by atoms with Crippen molar-refractivity contribution in [3.63, 3.8) is 0 Å². The number of nitrogens with one attached hydrogen (secondary N) is 1. The number of hydrogen-bond donors (Lipinski definition) is 4. The SMILES string of the molecule is CCCCCCCCCCC/C=C/CC/C=C/C(O)C(CO)NC(=O)C(O)CCCCCCCCCCCCCCCCCC/C=C\C/C=C\CCCCCCCCCCCCCCCCC. The number of aliphatic hydroxyl groups excluding tert-OH is 3. The molecule has 1 amide bonds. The van der Waals surface area contributed by atoms with Crippen LogP contribution in [0.5, 0.6) is 0 Å². The molecule has 5 nitrogen and oxygen atoms in total. The van der Waals surface area contributed by atoms with Crippen molar-refractivity contribution in [2.24, 2.45) is 0 Å². The normalized spacial score (nSPS) is 13.6. The zero-order valence-electron chi connectivity index (χ0n) is 45.0. The Balaban J connectivity index is 3.51. The minimum Gasteiger partial charge on any atom is -0.394 e. The van der Waals surface area contributed by atoms with Gasteiger partial charge in [-0.15, -0.1) is 0 Å². The van der Waals surface area contributed by atoms with Crippen LogP contribution in [-0.4, -0.2) is 46.1 Å². The highest BCUT2D eigenvalue weighted by molar-refractivity contribution is 5.80. The Labute approximate surface area is 418 Å². The first kappa shape index (κ1) is 65.3. The molecule has 0 aromatic rings. The second-order valence-corrected chi connectivity index (χ2v) is 20.5. The summed E-state index contributed by atoms with van der Waals surface area (Å²) < 4.78 is 0. The number of aliphatic hydroxyl groups is 3. The first-order chi connectivity index (χ1) is 33.1. The Morgan fingerprint density at radius 1 is 0.373 bits per heavy atom. The second kappa shape index (κ2) is 56.9. The fourth-order valence-corrected chi connectivity index (χ4v) is 9.23. The molecule has 4 N–H and O–H groups in total. The molecule has 3 atom stereocenters. The van der Waals surface area contributed by atoms with Crippen molar-refractivity contribution in [2.75, 3.05) is 6.61 Å². The minimum atomic E-state index is -1.11. The number of allylic oxidation sites excluding steroid dienone is 7. The van der Waals surface area contributed by atoms with Crippen molar-refractivity contribution < 1.29 is 20.1 Å². The molecule has 0 fully saturated rings. The van der Waals surface area contributed by atoms with E-state index in [1.54, 1.807) is 6.08 Å². The highest BCUT2D eigenvalue weighted by Crippen LogP contribution is 2.17. The van der Waals surface area contributed by atoms with Crippen molar-refractivity contribution in [1.29, 1.82) is 0 Å². The molecular weight excluding hydrogens is 823 g/mol. The molecular formula is C62H117NO4. The van der Waals surface area contributed by atoms with Gasteiger partial charge in [0, 0.05) is 0 Å². The third kappa shape index (κ3) is 52.0. The van der Waals surface area contributed by atoms with Gasteiger partial charge in [-0.3, -0.25) is 4.79 Å². The van der Waals surface area contributed by atoms with Gasteiger partial charge in [0.25, 0.3) is 0 Å². The Morgan fingerprint density at radius 3 is 1.00 bits per heavy atom. The first-order valence-electron chi connectivity index (χ1n) is 30.0. The van der Waals surface area contributed by atoms with E-state index in [4.69, 9.17) is 0 Å². The summed E-state index contributed by atoms with van der Waals surface area (Å²) in [5.41, 5.74) is 0. The molecule has 0 radical (unpaired) electrons. The summed E-state index contributed by atoms with van der Waals surface area (Å²) in [6.07, 6.45) is 76.5. The summed E-state index contributed by atoms with van der Waals surface area (Å²) in [4.78, 5) is 12.5. The summed E-state index contributed by atoms with van der Waals surface area (Å²) >= 11 is 0. The van der Waals surface area contributed by atoms with E-state index >= 15 is 0 Å². The summed E-state index contributed by atoms with van der Waals surface area (Å²) in [6.45, 7) is 4.19. The van der Waals surface area contributed by atoms with Crippen LogP contribution in [0.1, 0.15) is 316 Å². The lowest BCUT2D eigenvalue weighted by Gasteiger charge is -2.21. The summed E-state index contributed by atoms with van der Waals surface area (Å²) in [6, 6.07) is -0.815. The Kier molecular flexibility index (Phi) is 55.5. The topological polar surface area (TPSA) is 89.8 Å². The predicted molar refractivity (Wildman–Crippen MR) is 296 cm³/mol. The molecule has 5 heteroatoms. The average molecular weight is 941 g/mol. The highest BCUT2D eigenvalue weighted by atomic mass is 16.3. The second-order valence-electron chi connectivity index (χ2n) is 20.5. The lowest BCUT2D eigenvalue weighted by molar-refractivity contribution is -0.131. The van der Waals surface area contributed by atoms with Gasteiger partial charge in [-0.2, -0.15) is 0 Å². The van der Waals surface area contributed by atoms with Gasteiger partial charge in [0.2, 0.25) is 5.91 Å². The third-order valence-corrected chi connectivity index (χ3v) is 13.9. The van der Waals surface area contributed by atoms with E-state index in [0.717, 1.165) is 44.9 Å². The van der Waals surface area contributed by atoms with Crippen molar-refractivity contribution in [1.82, 2.24) is 5.32 Å². The molecule has 67 heavy (non-hydrogen) atoms. The smallest absolute Gasteiger partial charge is 0.249 e. The number of hydrogen-bond acceptors (Lipinski definition) is 4. The van der Waals surface area contributed by atoms with E-state index in [1.807, 2.05) is 6.08 Å². The number of carbonyl (C=O) groups excluding carboxylic acids is 1. The molecule has 0 aliphatic heterocycles. The molecule has 0 aromatic carbocycles. The van der Waals surface area contributed by atoms with Crippen molar-refractivity contribution in [3.8, 4) is 0 Å². The van der Waals surface area contributed by atoms with Gasteiger partial charge in [-0.05, 0) is 64.2 Å². The van der Waals surface area contributed by atoms with Gasteiger partial charge in [-0.25, -0.2) is 0 Å². The monoisotopic (exact) mass is 940 g/mol. The lowest BCUT2D eigenvalue weighted by atomic mass is 10.0. The third-order valence-electron chi connectivity index (χ3n) is 13.9. The first-order valence-corrected chi connectivity index (χ1v) is 30.0. The standard InChI is InChI=1S/C62H117NO4/c1-3-5-7-9-11-13-15-17-19-20-21-22-23-24-25-26-27-28-29-30-31-32-33-34-35-36-37-38-39-40-41-43-45-47-49-51-53-55-57-61(66)62(67)63-59(58-64)60(65)56-54-52-50-48-46-44-42-18-16-14-12-10-8-6-4-2/h27-28,30-31,46,48,54,56,59-61,64-66H,3-26,29,32-45,47,49-53,55,57-58H2,1-2H3,(H,63,67)/b28-27-,31-30-,48-46+,56-54+. The zero-order valence-corrected chi connectivity index (χ0v) is 45.0. The quantitative estimate of drug-likeness (QED) is 0.0361. The van der Waals surface area contributed by atoms with Gasteiger partial charge in [0.05, 0.1) is 18.8 Å². The highest BCUT2D eigenvalue weighted by Gasteiger charge is 2.22. The molecule has 0 rings (SSSR count). The van der Waals surface area contributed by atoms with Gasteiger partial charge in [0.15, 0.2) is 0 Å². The largest absolute Gasteiger partial charge is 0.394 e. The molecule has 0 aliphatic carbocycles. The van der Waals surface area contributed by atoms with Crippen molar-refractivity contribution in [2.45, 2.75) is 334 Å². The van der Waals surface area contributed by atoms with E-state index < -0.39 is 24.2 Å². The van der Waals surface area contributed by atoms with Gasteiger partial charge in [-0.1, -0.05) is 300 Å². The van der Waals surface area contributed by atoms with Crippen molar-refractivity contribution in [3.05, 3.63) is 48.6 Å². The van der Waals surface area contributed by atoms with E-state index in [9.17, 15) is 20.1 Å². The number of rotatable bonds is 55. The lowest BCUT2D eigenvalue weighted by Crippen LogP contribution is -2.48. The van der Waals surface area contributed by atoms with E-state index in [-0.39, 0.29) is 6.61 Å². The van der Waals surface area contributed by atoms with Crippen LogP contribution in [0.2, 0.25) is 0 Å². The minimum absolute atomic E-state index is 0.376. The van der Waals surface area contributed by atoms with Crippen LogP contribution in [0.25, 0.3) is 0 Å². The molecule has 0 spiro atoms. The van der Waals surface area contributed by atoms with Crippen LogP contribution >= 0.6 is 0 Å². The maximum absolute atomic E-state index is 12.5. The Morgan fingerprint density at radius 2 is 0.657 bits per heavy atom. The summed E-state index contributed by atoms with van der Waals surface area (Å²) in [5, 5.41) is 33.3. The fourth-order valence-electron chi connectivity index (χ4n) is 9.23. The number of carbonyl (C=O) groups is 1. The molecule has 0 saturated carbocycles. The summed E-state index contributed by atoms with van der Waals surface area (Å²) in [7, 11) is 0. The van der Waals surface area contributed by atoms with E-state index in [2.05, 4.69) is 55.6 Å². The van der Waals surface area contributed by atoms with Crippen LogP contribution in [0.15, 0.2) is 48.6 Å². The van der Waals surface area contributed by atoms with Crippen LogP contribution in [0.4, 0.5) is 0 Å². The van der Waals surface area contributed by atoms with Crippen LogP contribution < -0.4 is 5.32 Å². The fraction of sp³-hybridized carbons (Fsp3) is 0.855. The number of unbranched alkanes of at least 4 members (excludes halogenated alkanes) is 41. The molecule has 0 aromatic heterocycles. The van der Waals surface area contributed by atoms with Crippen molar-refractivity contribution >= 4 is 5.91 Å². The maximum Gasteiger partial charge on any atom is 0.249 e.